The fraction of sp³-hybridized carbons (Fsp3) is 0.0909. The van der Waals surface area contributed by atoms with Crippen LogP contribution in [-0.2, 0) is 0 Å². The van der Waals surface area contributed by atoms with Crippen LogP contribution in [0.4, 0.5) is 11.4 Å². The quantitative estimate of drug-likeness (QED) is 0.331. The number of amides is 2. The minimum atomic E-state index is -0.585. The number of phenols is 2. The van der Waals surface area contributed by atoms with Crippen molar-refractivity contribution >= 4 is 58.0 Å². The molecule has 4 N–H and O–H groups in total. The first-order valence-corrected chi connectivity index (χ1v) is 10.2. The number of nitrogens with one attached hydrogen (secondary N) is 2. The van der Waals surface area contributed by atoms with Crippen LogP contribution < -0.4 is 15.4 Å². The lowest BCUT2D eigenvalue weighted by Crippen LogP contribution is -2.16. The second-order valence-electron chi connectivity index (χ2n) is 6.74. The standard InChI is InChI=1S/C22H17Cl3N2O5/c1-10-5-12(7-15(23)19(10)28)26-21(30)11-3-4-18(32-2)14(6-11)22(31)27-13-8-16(24)20(29)17(25)9-13/h3-9,28-29H,1-2H3,(H,26,30)(H,27,31). The summed E-state index contributed by atoms with van der Waals surface area (Å²) in [5.41, 5.74) is 1.38. The number of aromatic hydroxyl groups is 2. The van der Waals surface area contributed by atoms with Crippen LogP contribution >= 0.6 is 34.8 Å². The summed E-state index contributed by atoms with van der Waals surface area (Å²) in [6.07, 6.45) is 0. The molecule has 2 amide bonds. The minimum absolute atomic E-state index is 0.0317. The lowest BCUT2D eigenvalue weighted by atomic mass is 10.1. The third kappa shape index (κ3) is 5.02. The summed E-state index contributed by atoms with van der Waals surface area (Å²) in [5, 5.41) is 24.8. The minimum Gasteiger partial charge on any atom is -0.506 e. The lowest BCUT2D eigenvalue weighted by Gasteiger charge is -2.13. The number of benzene rings is 3. The van der Waals surface area contributed by atoms with Crippen LogP contribution in [0, 0.1) is 6.92 Å². The molecule has 0 atom stereocenters. The zero-order valence-electron chi connectivity index (χ0n) is 16.8. The van der Waals surface area contributed by atoms with Crippen molar-refractivity contribution in [2.45, 2.75) is 6.92 Å². The lowest BCUT2D eigenvalue weighted by molar-refractivity contribution is 0.102. The van der Waals surface area contributed by atoms with E-state index >= 15 is 0 Å². The van der Waals surface area contributed by atoms with Gasteiger partial charge in [0.15, 0.2) is 5.75 Å². The van der Waals surface area contributed by atoms with Gasteiger partial charge in [-0.15, -0.1) is 0 Å². The van der Waals surface area contributed by atoms with Gasteiger partial charge < -0.3 is 25.6 Å². The molecule has 3 aromatic carbocycles. The first kappa shape index (κ1) is 23.5. The number of hydrogen-bond acceptors (Lipinski definition) is 5. The van der Waals surface area contributed by atoms with Gasteiger partial charge in [0.05, 0.1) is 27.7 Å². The molecule has 0 aliphatic rings. The number of methoxy groups -OCH3 is 1. The van der Waals surface area contributed by atoms with Crippen LogP contribution in [0.25, 0.3) is 0 Å². The van der Waals surface area contributed by atoms with Gasteiger partial charge in [-0.2, -0.15) is 0 Å². The summed E-state index contributed by atoms with van der Waals surface area (Å²) in [5.74, 6) is -1.22. The number of halogens is 3. The van der Waals surface area contributed by atoms with Crippen molar-refractivity contribution in [3.63, 3.8) is 0 Å². The molecule has 0 bridgehead atoms. The smallest absolute Gasteiger partial charge is 0.259 e. The van der Waals surface area contributed by atoms with Crippen molar-refractivity contribution in [2.75, 3.05) is 17.7 Å². The van der Waals surface area contributed by atoms with Crippen LogP contribution in [0.5, 0.6) is 17.2 Å². The molecule has 166 valence electrons. The van der Waals surface area contributed by atoms with Gasteiger partial charge in [0, 0.05) is 16.9 Å². The van der Waals surface area contributed by atoms with E-state index in [1.54, 1.807) is 13.0 Å². The number of carbonyl (C=O) groups excluding carboxylic acids is 2. The van der Waals surface area contributed by atoms with E-state index in [-0.39, 0.29) is 49.1 Å². The van der Waals surface area contributed by atoms with Gasteiger partial charge in [-0.05, 0) is 55.0 Å². The number of ether oxygens (including phenoxy) is 1. The van der Waals surface area contributed by atoms with Crippen LogP contribution in [0.15, 0.2) is 42.5 Å². The molecule has 0 radical (unpaired) electrons. The predicted octanol–water partition coefficient (Wildman–Crippen LogP) is 5.88. The molecule has 7 nitrogen and oxygen atoms in total. The fourth-order valence-electron chi connectivity index (χ4n) is 2.87. The van der Waals surface area contributed by atoms with E-state index < -0.39 is 11.8 Å². The molecule has 32 heavy (non-hydrogen) atoms. The monoisotopic (exact) mass is 494 g/mol. The number of phenolic OH excluding ortho intramolecular Hbond substituents is 2. The van der Waals surface area contributed by atoms with Crippen molar-refractivity contribution in [1.29, 1.82) is 0 Å². The highest BCUT2D eigenvalue weighted by Gasteiger charge is 2.18. The Morgan fingerprint density at radius 3 is 1.91 bits per heavy atom. The van der Waals surface area contributed by atoms with Crippen molar-refractivity contribution in [1.82, 2.24) is 0 Å². The maximum Gasteiger partial charge on any atom is 0.259 e. The summed E-state index contributed by atoms with van der Waals surface area (Å²) in [6, 6.07) is 9.98. The molecule has 0 aromatic heterocycles. The molecule has 3 rings (SSSR count). The number of carbonyl (C=O) groups is 2. The largest absolute Gasteiger partial charge is 0.506 e. The predicted molar refractivity (Wildman–Crippen MR) is 125 cm³/mol. The van der Waals surface area contributed by atoms with Crippen molar-refractivity contribution < 1.29 is 24.5 Å². The average Bonchev–Trinajstić information content (AvgIpc) is 2.75. The molecule has 0 saturated heterocycles. The SMILES string of the molecule is COc1ccc(C(=O)Nc2cc(C)c(O)c(Cl)c2)cc1C(=O)Nc1cc(Cl)c(O)c(Cl)c1. The van der Waals surface area contributed by atoms with Crippen molar-refractivity contribution in [2.24, 2.45) is 0 Å². The zero-order valence-corrected chi connectivity index (χ0v) is 19.1. The zero-order chi connectivity index (χ0) is 23.6. The van der Waals surface area contributed by atoms with Gasteiger partial charge in [-0.3, -0.25) is 9.59 Å². The summed E-state index contributed by atoms with van der Waals surface area (Å²) in [7, 11) is 1.39. The number of hydrogen-bond donors (Lipinski definition) is 4. The highest BCUT2D eigenvalue weighted by Crippen LogP contribution is 2.35. The van der Waals surface area contributed by atoms with Crippen LogP contribution in [0.3, 0.4) is 0 Å². The van der Waals surface area contributed by atoms with Gasteiger partial charge in [-0.25, -0.2) is 0 Å². The summed E-state index contributed by atoms with van der Waals surface area (Å²) in [4.78, 5) is 25.6. The Labute approximate surface area is 198 Å². The van der Waals surface area contributed by atoms with Gasteiger partial charge in [-0.1, -0.05) is 34.8 Å². The number of aryl methyl sites for hydroxylation is 1. The molecule has 0 heterocycles. The molecule has 10 heteroatoms. The Morgan fingerprint density at radius 2 is 1.34 bits per heavy atom. The van der Waals surface area contributed by atoms with Crippen molar-refractivity contribution in [3.8, 4) is 17.2 Å². The molecule has 0 saturated carbocycles. The Morgan fingerprint density at radius 1 is 0.812 bits per heavy atom. The summed E-state index contributed by atoms with van der Waals surface area (Å²) in [6.45, 7) is 1.65. The molecule has 0 aliphatic carbocycles. The second kappa shape index (κ2) is 9.56. The van der Waals surface area contributed by atoms with Crippen LogP contribution in [0.2, 0.25) is 15.1 Å². The van der Waals surface area contributed by atoms with Gasteiger partial charge >= 0.3 is 0 Å². The Kier molecular flexibility index (Phi) is 7.03. The third-order valence-corrected chi connectivity index (χ3v) is 5.36. The Balaban J connectivity index is 1.88. The van der Waals surface area contributed by atoms with E-state index in [1.165, 1.54) is 43.5 Å². The molecular weight excluding hydrogens is 479 g/mol. The molecule has 3 aromatic rings. The van der Waals surface area contributed by atoms with E-state index in [4.69, 9.17) is 39.5 Å². The summed E-state index contributed by atoms with van der Waals surface area (Å²) >= 11 is 17.7. The topological polar surface area (TPSA) is 108 Å². The molecule has 0 aliphatic heterocycles. The van der Waals surface area contributed by atoms with Crippen LogP contribution in [0.1, 0.15) is 26.3 Å². The normalized spacial score (nSPS) is 10.5. The molecule has 0 spiro atoms. The second-order valence-corrected chi connectivity index (χ2v) is 7.96. The van der Waals surface area contributed by atoms with E-state index in [1.807, 2.05) is 0 Å². The van der Waals surface area contributed by atoms with E-state index in [0.29, 0.717) is 11.3 Å². The third-order valence-electron chi connectivity index (χ3n) is 4.49. The van der Waals surface area contributed by atoms with Gasteiger partial charge in [0.25, 0.3) is 11.8 Å². The highest BCUT2D eigenvalue weighted by molar-refractivity contribution is 6.37. The molecule has 0 fully saturated rings. The number of rotatable bonds is 5. The van der Waals surface area contributed by atoms with E-state index in [9.17, 15) is 19.8 Å². The Hall–Kier alpha value is -3.13. The first-order valence-electron chi connectivity index (χ1n) is 9.08. The van der Waals surface area contributed by atoms with E-state index in [0.717, 1.165) is 0 Å². The maximum absolute atomic E-state index is 12.8. The molecule has 0 unspecified atom stereocenters. The van der Waals surface area contributed by atoms with Gasteiger partial charge in [0.1, 0.15) is 11.5 Å². The maximum atomic E-state index is 12.8. The average molecular weight is 496 g/mol. The fourth-order valence-corrected chi connectivity index (χ4v) is 3.63. The Bertz CT molecular complexity index is 1180. The number of anilines is 2. The first-order chi connectivity index (χ1) is 15.1. The summed E-state index contributed by atoms with van der Waals surface area (Å²) < 4.78 is 5.24. The van der Waals surface area contributed by atoms with Crippen molar-refractivity contribution in [3.05, 3.63) is 74.2 Å². The van der Waals surface area contributed by atoms with Gasteiger partial charge in [0.2, 0.25) is 0 Å². The highest BCUT2D eigenvalue weighted by atomic mass is 35.5. The van der Waals surface area contributed by atoms with E-state index in [2.05, 4.69) is 10.6 Å². The molecular formula is C22H17Cl3N2O5. The van der Waals surface area contributed by atoms with Crippen LogP contribution in [-0.4, -0.2) is 29.1 Å².